The molecule has 0 spiro atoms. The molecule has 0 fully saturated rings. The molecule has 0 atom stereocenters. The Bertz CT molecular complexity index is 582. The molecule has 0 saturated carbocycles. The molecule has 106 valence electrons. The van der Waals surface area contributed by atoms with Crippen molar-refractivity contribution < 1.29 is 9.53 Å². The summed E-state index contributed by atoms with van der Waals surface area (Å²) in [6.07, 6.45) is 0. The van der Waals surface area contributed by atoms with E-state index in [4.69, 9.17) is 4.74 Å². The molecule has 0 saturated heterocycles. The van der Waals surface area contributed by atoms with Crippen LogP contribution in [0.15, 0.2) is 30.3 Å². The molecule has 0 unspecified atom stereocenters. The van der Waals surface area contributed by atoms with Gasteiger partial charge in [-0.25, -0.2) is 0 Å². The third-order valence-electron chi connectivity index (χ3n) is 3.30. The molecule has 0 aliphatic rings. The van der Waals surface area contributed by atoms with Crippen molar-refractivity contribution in [2.75, 3.05) is 14.2 Å². The van der Waals surface area contributed by atoms with Gasteiger partial charge in [0.1, 0.15) is 5.75 Å². The van der Waals surface area contributed by atoms with Crippen LogP contribution < -0.4 is 4.74 Å². The molecule has 0 radical (unpaired) electrons. The maximum atomic E-state index is 12.3. The standard InChI is InChI=1S/C16H19NO2S/c1-11-9-15(20-12(11)2)16(18)17(3)10-13-5-7-14(19-4)8-6-13/h5-9H,10H2,1-4H3. The molecule has 2 aromatic rings. The molecule has 3 nitrogen and oxygen atoms in total. The van der Waals surface area contributed by atoms with E-state index in [1.807, 2.05) is 51.2 Å². The summed E-state index contributed by atoms with van der Waals surface area (Å²) in [6, 6.07) is 9.74. The summed E-state index contributed by atoms with van der Waals surface area (Å²) in [4.78, 5) is 16.1. The second-order valence-electron chi connectivity index (χ2n) is 4.86. The first-order chi connectivity index (χ1) is 9.51. The molecular formula is C16H19NO2S. The molecule has 20 heavy (non-hydrogen) atoms. The molecule has 2 rings (SSSR count). The molecular weight excluding hydrogens is 270 g/mol. The first-order valence-corrected chi connectivity index (χ1v) is 7.28. The maximum absolute atomic E-state index is 12.3. The lowest BCUT2D eigenvalue weighted by atomic mass is 10.2. The minimum Gasteiger partial charge on any atom is -0.497 e. The van der Waals surface area contributed by atoms with Crippen molar-refractivity contribution in [3.05, 3.63) is 51.2 Å². The molecule has 0 aliphatic carbocycles. The number of carbonyl (C=O) groups excluding carboxylic acids is 1. The van der Waals surface area contributed by atoms with Crippen LogP contribution in [0.25, 0.3) is 0 Å². The summed E-state index contributed by atoms with van der Waals surface area (Å²) in [6.45, 7) is 4.67. The number of carbonyl (C=O) groups is 1. The summed E-state index contributed by atoms with van der Waals surface area (Å²) >= 11 is 1.56. The quantitative estimate of drug-likeness (QED) is 0.860. The van der Waals surface area contributed by atoms with Gasteiger partial charge in [0.2, 0.25) is 0 Å². The van der Waals surface area contributed by atoms with Crippen molar-refractivity contribution in [2.24, 2.45) is 0 Å². The Morgan fingerprint density at radius 2 is 1.90 bits per heavy atom. The number of amides is 1. The predicted octanol–water partition coefficient (Wildman–Crippen LogP) is 3.65. The molecule has 4 heteroatoms. The highest BCUT2D eigenvalue weighted by Crippen LogP contribution is 2.22. The Hall–Kier alpha value is -1.81. The van der Waals surface area contributed by atoms with Gasteiger partial charge in [-0.2, -0.15) is 0 Å². The van der Waals surface area contributed by atoms with E-state index in [0.717, 1.165) is 16.2 Å². The van der Waals surface area contributed by atoms with Crippen LogP contribution in [0.2, 0.25) is 0 Å². The Kier molecular flexibility index (Phi) is 4.45. The van der Waals surface area contributed by atoms with Crippen LogP contribution in [0.3, 0.4) is 0 Å². The average Bonchev–Trinajstić information content (AvgIpc) is 2.78. The summed E-state index contributed by atoms with van der Waals surface area (Å²) in [5.74, 6) is 0.897. The highest BCUT2D eigenvalue weighted by molar-refractivity contribution is 7.14. The van der Waals surface area contributed by atoms with Gasteiger partial charge < -0.3 is 9.64 Å². The van der Waals surface area contributed by atoms with Crippen LogP contribution >= 0.6 is 11.3 Å². The minimum absolute atomic E-state index is 0.0713. The number of hydrogen-bond acceptors (Lipinski definition) is 3. The van der Waals surface area contributed by atoms with Gasteiger partial charge in [-0.1, -0.05) is 12.1 Å². The number of rotatable bonds is 4. The topological polar surface area (TPSA) is 29.5 Å². The smallest absolute Gasteiger partial charge is 0.263 e. The van der Waals surface area contributed by atoms with Gasteiger partial charge in [-0.15, -0.1) is 11.3 Å². The first kappa shape index (κ1) is 14.6. The lowest BCUT2D eigenvalue weighted by molar-refractivity contribution is 0.0790. The number of nitrogens with zero attached hydrogens (tertiary/aromatic N) is 1. The van der Waals surface area contributed by atoms with E-state index >= 15 is 0 Å². The van der Waals surface area contributed by atoms with Gasteiger partial charge in [0.15, 0.2) is 0 Å². The normalized spacial score (nSPS) is 10.4. The SMILES string of the molecule is COc1ccc(CN(C)C(=O)c2cc(C)c(C)s2)cc1. The second-order valence-corrected chi connectivity index (χ2v) is 6.12. The van der Waals surface area contributed by atoms with Gasteiger partial charge in [0.25, 0.3) is 5.91 Å². The van der Waals surface area contributed by atoms with E-state index in [1.54, 1.807) is 23.3 Å². The van der Waals surface area contributed by atoms with Crippen molar-refractivity contribution in [3.63, 3.8) is 0 Å². The average molecular weight is 289 g/mol. The molecule has 1 heterocycles. The summed E-state index contributed by atoms with van der Waals surface area (Å²) in [5, 5.41) is 0. The van der Waals surface area contributed by atoms with Crippen LogP contribution in [0.4, 0.5) is 0 Å². The summed E-state index contributed by atoms with van der Waals surface area (Å²) in [5.41, 5.74) is 2.27. The summed E-state index contributed by atoms with van der Waals surface area (Å²) in [7, 11) is 3.48. The van der Waals surface area contributed by atoms with E-state index in [-0.39, 0.29) is 5.91 Å². The Balaban J connectivity index is 2.06. The Morgan fingerprint density at radius 3 is 2.40 bits per heavy atom. The van der Waals surface area contributed by atoms with Gasteiger partial charge >= 0.3 is 0 Å². The van der Waals surface area contributed by atoms with Crippen LogP contribution in [0.1, 0.15) is 25.7 Å². The van der Waals surface area contributed by atoms with Crippen LogP contribution in [-0.4, -0.2) is 25.0 Å². The second kappa shape index (κ2) is 6.09. The van der Waals surface area contributed by atoms with Crippen molar-refractivity contribution in [1.82, 2.24) is 4.90 Å². The Labute approximate surface area is 123 Å². The molecule has 1 aromatic carbocycles. The Morgan fingerprint density at radius 1 is 1.25 bits per heavy atom. The van der Waals surface area contributed by atoms with E-state index in [1.165, 1.54) is 10.4 Å². The highest BCUT2D eigenvalue weighted by atomic mass is 32.1. The van der Waals surface area contributed by atoms with Crippen LogP contribution in [0.5, 0.6) is 5.75 Å². The number of aryl methyl sites for hydroxylation is 2. The maximum Gasteiger partial charge on any atom is 0.263 e. The minimum atomic E-state index is 0.0713. The van der Waals surface area contributed by atoms with Gasteiger partial charge in [0.05, 0.1) is 12.0 Å². The van der Waals surface area contributed by atoms with Crippen LogP contribution in [0, 0.1) is 13.8 Å². The zero-order valence-electron chi connectivity index (χ0n) is 12.3. The van der Waals surface area contributed by atoms with E-state index in [0.29, 0.717) is 6.54 Å². The number of hydrogen-bond donors (Lipinski definition) is 0. The van der Waals surface area contributed by atoms with Crippen LogP contribution in [-0.2, 0) is 6.54 Å². The van der Waals surface area contributed by atoms with Gasteiger partial charge in [-0.05, 0) is 43.2 Å². The zero-order valence-corrected chi connectivity index (χ0v) is 13.1. The largest absolute Gasteiger partial charge is 0.497 e. The molecule has 0 N–H and O–H groups in total. The number of methoxy groups -OCH3 is 1. The van der Waals surface area contributed by atoms with Crippen molar-refractivity contribution in [1.29, 1.82) is 0 Å². The third kappa shape index (κ3) is 3.20. The molecule has 1 aromatic heterocycles. The zero-order chi connectivity index (χ0) is 14.7. The van der Waals surface area contributed by atoms with Crippen molar-refractivity contribution in [2.45, 2.75) is 20.4 Å². The monoisotopic (exact) mass is 289 g/mol. The van der Waals surface area contributed by atoms with Gasteiger partial charge in [-0.3, -0.25) is 4.79 Å². The molecule has 0 aliphatic heterocycles. The van der Waals surface area contributed by atoms with E-state index in [2.05, 4.69) is 0 Å². The lowest BCUT2D eigenvalue weighted by Crippen LogP contribution is -2.25. The van der Waals surface area contributed by atoms with Crippen molar-refractivity contribution >= 4 is 17.2 Å². The third-order valence-corrected chi connectivity index (χ3v) is 4.44. The van der Waals surface area contributed by atoms with E-state index in [9.17, 15) is 4.79 Å². The number of thiophene rings is 1. The predicted molar refractivity (Wildman–Crippen MR) is 82.6 cm³/mol. The van der Waals surface area contributed by atoms with Gasteiger partial charge in [0, 0.05) is 18.5 Å². The molecule has 1 amide bonds. The molecule has 0 bridgehead atoms. The number of benzene rings is 1. The van der Waals surface area contributed by atoms with Crippen molar-refractivity contribution in [3.8, 4) is 5.75 Å². The van der Waals surface area contributed by atoms with E-state index < -0.39 is 0 Å². The lowest BCUT2D eigenvalue weighted by Gasteiger charge is -2.16. The number of ether oxygens (including phenoxy) is 1. The highest BCUT2D eigenvalue weighted by Gasteiger charge is 2.15. The summed E-state index contributed by atoms with van der Waals surface area (Å²) < 4.78 is 5.13. The fourth-order valence-electron chi connectivity index (χ4n) is 1.94. The first-order valence-electron chi connectivity index (χ1n) is 6.46. The fourth-order valence-corrected chi connectivity index (χ4v) is 2.97. The fraction of sp³-hybridized carbons (Fsp3) is 0.312.